The van der Waals surface area contributed by atoms with E-state index in [0.29, 0.717) is 27.0 Å². The third-order valence-corrected chi connectivity index (χ3v) is 4.08. The largest absolute Gasteiger partial charge is 0.270 e. The van der Waals surface area contributed by atoms with Crippen molar-refractivity contribution >= 4 is 47.3 Å². The number of aromatic amines is 1. The topological polar surface area (TPSA) is 89.1 Å². The van der Waals surface area contributed by atoms with E-state index in [9.17, 15) is 10.1 Å². The van der Waals surface area contributed by atoms with Crippen molar-refractivity contribution in [1.82, 2.24) is 14.9 Å². The highest BCUT2D eigenvalue weighted by Crippen LogP contribution is 2.23. The van der Waals surface area contributed by atoms with Crippen LogP contribution in [0.3, 0.4) is 0 Å². The van der Waals surface area contributed by atoms with Crippen molar-refractivity contribution in [2.24, 2.45) is 5.10 Å². The summed E-state index contributed by atoms with van der Waals surface area (Å²) >= 11 is 17.2. The lowest BCUT2D eigenvalue weighted by Gasteiger charge is -2.02. The SMILES string of the molecule is O=[N+]([O-])c1ccc(Cl)c(/C=N\n2c(-c3cccc(Cl)c3)n[nH]c2=S)c1. The molecule has 126 valence electrons. The fraction of sp³-hybridized carbons (Fsp3) is 0. The van der Waals surface area contributed by atoms with Crippen LogP contribution in [0.15, 0.2) is 47.6 Å². The first-order chi connectivity index (χ1) is 12.0. The molecule has 0 saturated carbocycles. The fourth-order valence-corrected chi connectivity index (χ4v) is 2.61. The molecule has 0 unspecified atom stereocenters. The van der Waals surface area contributed by atoms with E-state index in [1.54, 1.807) is 18.2 Å². The van der Waals surface area contributed by atoms with Crippen LogP contribution < -0.4 is 0 Å². The molecule has 0 aliphatic heterocycles. The van der Waals surface area contributed by atoms with Crippen LogP contribution in [-0.4, -0.2) is 26.0 Å². The molecule has 7 nitrogen and oxygen atoms in total. The number of rotatable bonds is 4. The average Bonchev–Trinajstić information content (AvgIpc) is 2.94. The maximum absolute atomic E-state index is 10.9. The molecular weight excluding hydrogens is 385 g/mol. The Labute approximate surface area is 156 Å². The van der Waals surface area contributed by atoms with Gasteiger partial charge in [-0.3, -0.25) is 10.1 Å². The van der Waals surface area contributed by atoms with Gasteiger partial charge < -0.3 is 0 Å². The molecule has 25 heavy (non-hydrogen) atoms. The quantitative estimate of drug-likeness (QED) is 0.301. The predicted octanol–water partition coefficient (Wildman–Crippen LogP) is 4.70. The number of nitro groups is 1. The number of non-ortho nitro benzene ring substituents is 1. The monoisotopic (exact) mass is 393 g/mol. The van der Waals surface area contributed by atoms with Gasteiger partial charge in [0.15, 0.2) is 5.82 Å². The van der Waals surface area contributed by atoms with Crippen molar-refractivity contribution in [3.05, 3.63) is 73.0 Å². The average molecular weight is 394 g/mol. The Morgan fingerprint density at radius 3 is 2.80 bits per heavy atom. The summed E-state index contributed by atoms with van der Waals surface area (Å²) in [7, 11) is 0. The Morgan fingerprint density at radius 1 is 1.28 bits per heavy atom. The van der Waals surface area contributed by atoms with Gasteiger partial charge in [-0.05, 0) is 30.4 Å². The zero-order chi connectivity index (χ0) is 18.0. The van der Waals surface area contributed by atoms with Crippen LogP contribution in [0.5, 0.6) is 0 Å². The molecule has 0 aliphatic rings. The molecule has 1 heterocycles. The van der Waals surface area contributed by atoms with Crippen molar-refractivity contribution in [3.63, 3.8) is 0 Å². The van der Waals surface area contributed by atoms with E-state index in [1.165, 1.54) is 29.1 Å². The Bertz CT molecular complexity index is 1040. The van der Waals surface area contributed by atoms with Gasteiger partial charge in [-0.2, -0.15) is 14.9 Å². The van der Waals surface area contributed by atoms with Crippen LogP contribution >= 0.6 is 35.4 Å². The van der Waals surface area contributed by atoms with E-state index in [4.69, 9.17) is 35.4 Å². The van der Waals surface area contributed by atoms with Gasteiger partial charge in [0.2, 0.25) is 4.77 Å². The van der Waals surface area contributed by atoms with E-state index in [-0.39, 0.29) is 10.5 Å². The Morgan fingerprint density at radius 2 is 2.08 bits per heavy atom. The van der Waals surface area contributed by atoms with Crippen LogP contribution in [0.1, 0.15) is 5.56 Å². The number of H-pyrrole nitrogens is 1. The molecule has 1 aromatic heterocycles. The van der Waals surface area contributed by atoms with E-state index >= 15 is 0 Å². The summed E-state index contributed by atoms with van der Waals surface area (Å²) in [5.74, 6) is 0.449. The highest BCUT2D eigenvalue weighted by atomic mass is 35.5. The van der Waals surface area contributed by atoms with Gasteiger partial charge >= 0.3 is 0 Å². The zero-order valence-corrected chi connectivity index (χ0v) is 14.7. The van der Waals surface area contributed by atoms with E-state index in [1.807, 2.05) is 6.07 Å². The zero-order valence-electron chi connectivity index (χ0n) is 12.4. The molecule has 0 bridgehead atoms. The number of nitrogens with one attached hydrogen (secondary N) is 1. The van der Waals surface area contributed by atoms with Gasteiger partial charge in [0.1, 0.15) is 0 Å². The lowest BCUT2D eigenvalue weighted by Crippen LogP contribution is -1.96. The van der Waals surface area contributed by atoms with Crippen LogP contribution in [0.4, 0.5) is 5.69 Å². The second-order valence-corrected chi connectivity index (χ2v) is 6.11. The summed E-state index contributed by atoms with van der Waals surface area (Å²) in [5, 5.41) is 22.8. The van der Waals surface area contributed by atoms with Crippen molar-refractivity contribution in [1.29, 1.82) is 0 Å². The molecule has 0 amide bonds. The van der Waals surface area contributed by atoms with Crippen molar-refractivity contribution in [2.75, 3.05) is 0 Å². The number of nitro benzene ring substituents is 1. The molecule has 0 radical (unpaired) electrons. The summed E-state index contributed by atoms with van der Waals surface area (Å²) in [5.41, 5.74) is 1.01. The van der Waals surface area contributed by atoms with E-state index in [0.717, 1.165) is 0 Å². The summed E-state index contributed by atoms with van der Waals surface area (Å²) < 4.78 is 1.64. The number of hydrogen-bond donors (Lipinski definition) is 1. The molecule has 2 aromatic carbocycles. The Hall–Kier alpha value is -2.55. The highest BCUT2D eigenvalue weighted by molar-refractivity contribution is 7.71. The molecule has 3 aromatic rings. The Balaban J connectivity index is 2.03. The van der Waals surface area contributed by atoms with E-state index in [2.05, 4.69) is 15.3 Å². The number of hydrogen-bond acceptors (Lipinski definition) is 5. The molecule has 1 N–H and O–H groups in total. The summed E-state index contributed by atoms with van der Waals surface area (Å²) in [6.07, 6.45) is 1.38. The van der Waals surface area contributed by atoms with Crippen LogP contribution in [0.2, 0.25) is 10.0 Å². The number of halogens is 2. The third-order valence-electron chi connectivity index (χ3n) is 3.24. The molecule has 0 atom stereocenters. The van der Waals surface area contributed by atoms with Crippen LogP contribution in [0, 0.1) is 14.9 Å². The molecule has 0 fully saturated rings. The standard InChI is InChI=1S/C15H9Cl2N5O2S/c16-11-3-1-2-9(6-11)14-19-20-15(25)21(14)18-8-10-7-12(22(23)24)4-5-13(10)17/h1-8H,(H,20,25)/b18-8-. The molecule has 3 rings (SSSR count). The van der Waals surface area contributed by atoms with Crippen molar-refractivity contribution in [2.45, 2.75) is 0 Å². The van der Waals surface area contributed by atoms with Crippen molar-refractivity contribution < 1.29 is 4.92 Å². The fourth-order valence-electron chi connectivity index (χ4n) is 2.08. The summed E-state index contributed by atoms with van der Waals surface area (Å²) in [4.78, 5) is 10.4. The maximum atomic E-state index is 10.9. The molecule has 0 saturated heterocycles. The molecule has 0 spiro atoms. The van der Waals surface area contributed by atoms with Crippen molar-refractivity contribution in [3.8, 4) is 11.4 Å². The molecule has 10 heteroatoms. The van der Waals surface area contributed by atoms with Gasteiger partial charge in [0, 0.05) is 33.3 Å². The maximum Gasteiger partial charge on any atom is 0.270 e. The van der Waals surface area contributed by atoms with Crippen LogP contribution in [0.25, 0.3) is 11.4 Å². The predicted molar refractivity (Wildman–Crippen MR) is 99.0 cm³/mol. The minimum absolute atomic E-state index is 0.0864. The van der Waals surface area contributed by atoms with Gasteiger partial charge in [0.25, 0.3) is 5.69 Å². The second kappa shape index (κ2) is 7.14. The van der Waals surface area contributed by atoms with Gasteiger partial charge in [-0.1, -0.05) is 35.3 Å². The molecular formula is C15H9Cl2N5O2S. The van der Waals surface area contributed by atoms with Gasteiger partial charge in [-0.15, -0.1) is 0 Å². The summed E-state index contributed by atoms with van der Waals surface area (Å²) in [6, 6.07) is 11.1. The number of benzene rings is 2. The second-order valence-electron chi connectivity index (χ2n) is 4.88. The van der Waals surface area contributed by atoms with Gasteiger partial charge in [0.05, 0.1) is 11.1 Å². The lowest BCUT2D eigenvalue weighted by molar-refractivity contribution is -0.384. The van der Waals surface area contributed by atoms with E-state index < -0.39 is 4.92 Å². The first-order valence-electron chi connectivity index (χ1n) is 6.87. The Kier molecular flexibility index (Phi) is 4.93. The lowest BCUT2D eigenvalue weighted by atomic mass is 10.2. The minimum Gasteiger partial charge on any atom is -0.258 e. The number of nitrogens with zero attached hydrogens (tertiary/aromatic N) is 4. The first-order valence-corrected chi connectivity index (χ1v) is 8.04. The highest BCUT2D eigenvalue weighted by Gasteiger charge is 2.11. The number of aromatic nitrogens is 3. The van der Waals surface area contributed by atoms with Crippen LogP contribution in [-0.2, 0) is 0 Å². The summed E-state index contributed by atoms with van der Waals surface area (Å²) in [6.45, 7) is 0. The third kappa shape index (κ3) is 3.76. The minimum atomic E-state index is -0.505. The smallest absolute Gasteiger partial charge is 0.258 e. The van der Waals surface area contributed by atoms with Gasteiger partial charge in [-0.25, -0.2) is 5.10 Å². The first kappa shape index (κ1) is 17.3. The molecule has 0 aliphatic carbocycles. The normalized spacial score (nSPS) is 11.1.